The highest BCUT2D eigenvalue weighted by Gasteiger charge is 2.14. The molecule has 6 rings (SSSR count). The standard InChI is InChI=1S/C26H20N6/c27-17-11-13-23-25(31-21-7-3-1-5-19(21)29-23)15(17)9-10-16-18(28)12-14-24-26(16)32-22-8-4-2-6-20(22)30-24/h1-8,11-14H,9-10,27-28H2. The molecule has 0 aliphatic rings. The minimum atomic E-state index is 0.675. The molecule has 154 valence electrons. The molecular formula is C26H20N6. The number of aryl methyl sites for hydroxylation is 2. The number of nitrogens with zero attached hydrogens (tertiary/aromatic N) is 4. The predicted molar refractivity (Wildman–Crippen MR) is 130 cm³/mol. The van der Waals surface area contributed by atoms with Crippen molar-refractivity contribution in [3.05, 3.63) is 83.9 Å². The second-order valence-electron chi connectivity index (χ2n) is 7.93. The van der Waals surface area contributed by atoms with E-state index in [2.05, 4.69) is 0 Å². The van der Waals surface area contributed by atoms with Crippen molar-refractivity contribution in [3.63, 3.8) is 0 Å². The number of hydrogen-bond donors (Lipinski definition) is 2. The first-order chi connectivity index (χ1) is 15.7. The van der Waals surface area contributed by atoms with Gasteiger partial charge in [0.25, 0.3) is 0 Å². The van der Waals surface area contributed by atoms with E-state index in [-0.39, 0.29) is 0 Å². The minimum absolute atomic E-state index is 0.675. The van der Waals surface area contributed by atoms with Gasteiger partial charge < -0.3 is 11.5 Å². The zero-order chi connectivity index (χ0) is 21.7. The molecule has 0 saturated heterocycles. The summed E-state index contributed by atoms with van der Waals surface area (Å²) >= 11 is 0. The Morgan fingerprint density at radius 3 is 1.22 bits per heavy atom. The van der Waals surface area contributed by atoms with Crippen molar-refractivity contribution in [2.75, 3.05) is 11.5 Å². The molecule has 0 unspecified atom stereocenters. The maximum absolute atomic E-state index is 6.39. The van der Waals surface area contributed by atoms with E-state index in [0.717, 1.165) is 55.3 Å². The third kappa shape index (κ3) is 2.96. The van der Waals surface area contributed by atoms with Crippen LogP contribution in [0.25, 0.3) is 44.1 Å². The molecule has 2 aromatic heterocycles. The van der Waals surface area contributed by atoms with Gasteiger partial charge >= 0.3 is 0 Å². The van der Waals surface area contributed by atoms with Crippen molar-refractivity contribution in [1.82, 2.24) is 19.9 Å². The van der Waals surface area contributed by atoms with Crippen molar-refractivity contribution < 1.29 is 0 Å². The highest BCUT2D eigenvalue weighted by molar-refractivity contribution is 5.92. The number of nitrogen functional groups attached to an aromatic ring is 2. The lowest BCUT2D eigenvalue weighted by Gasteiger charge is -2.13. The molecule has 0 radical (unpaired) electrons. The maximum Gasteiger partial charge on any atom is 0.0947 e. The van der Waals surface area contributed by atoms with Gasteiger partial charge in [-0.25, -0.2) is 19.9 Å². The van der Waals surface area contributed by atoms with Crippen LogP contribution in [0.15, 0.2) is 72.8 Å². The maximum atomic E-state index is 6.39. The molecule has 32 heavy (non-hydrogen) atoms. The molecule has 4 aromatic carbocycles. The van der Waals surface area contributed by atoms with E-state index in [0.29, 0.717) is 24.2 Å². The van der Waals surface area contributed by atoms with Gasteiger partial charge in [-0.2, -0.15) is 0 Å². The molecule has 0 spiro atoms. The van der Waals surface area contributed by atoms with Gasteiger partial charge in [-0.15, -0.1) is 0 Å². The first kappa shape index (κ1) is 18.4. The van der Waals surface area contributed by atoms with Crippen LogP contribution in [0.2, 0.25) is 0 Å². The Balaban J connectivity index is 1.47. The summed E-state index contributed by atoms with van der Waals surface area (Å²) in [5.41, 5.74) is 22.9. The Hall–Kier alpha value is -4.32. The van der Waals surface area contributed by atoms with Crippen LogP contribution in [0, 0.1) is 0 Å². The number of para-hydroxylation sites is 4. The Bertz CT molecular complexity index is 1530. The number of benzene rings is 4. The SMILES string of the molecule is Nc1ccc2nc3ccccc3nc2c1CCc1c(N)ccc2nc3ccccc3nc12. The van der Waals surface area contributed by atoms with Gasteiger partial charge in [-0.3, -0.25) is 0 Å². The lowest BCUT2D eigenvalue weighted by molar-refractivity contribution is 0.975. The molecule has 0 atom stereocenters. The van der Waals surface area contributed by atoms with Crippen LogP contribution in [0.3, 0.4) is 0 Å². The molecule has 2 heterocycles. The van der Waals surface area contributed by atoms with E-state index in [9.17, 15) is 0 Å². The second-order valence-corrected chi connectivity index (χ2v) is 7.93. The average molecular weight is 416 g/mol. The lowest BCUT2D eigenvalue weighted by atomic mass is 9.99. The third-order valence-corrected chi connectivity index (χ3v) is 5.93. The summed E-state index contributed by atoms with van der Waals surface area (Å²) < 4.78 is 0. The normalized spacial score (nSPS) is 11.6. The van der Waals surface area contributed by atoms with E-state index in [1.165, 1.54) is 0 Å². The molecule has 6 heteroatoms. The van der Waals surface area contributed by atoms with Crippen molar-refractivity contribution >= 4 is 55.5 Å². The van der Waals surface area contributed by atoms with Crippen LogP contribution < -0.4 is 11.5 Å². The molecule has 6 aromatic rings. The fraction of sp³-hybridized carbons (Fsp3) is 0.0769. The number of rotatable bonds is 3. The van der Waals surface area contributed by atoms with Gasteiger partial charge in [0.05, 0.1) is 44.1 Å². The van der Waals surface area contributed by atoms with Gasteiger partial charge in [0.1, 0.15) is 0 Å². The van der Waals surface area contributed by atoms with Crippen LogP contribution in [-0.4, -0.2) is 19.9 Å². The summed E-state index contributed by atoms with van der Waals surface area (Å²) in [4.78, 5) is 19.3. The summed E-state index contributed by atoms with van der Waals surface area (Å²) in [5.74, 6) is 0. The Kier molecular flexibility index (Phi) is 4.11. The van der Waals surface area contributed by atoms with E-state index in [4.69, 9.17) is 31.4 Å². The molecule has 0 saturated carbocycles. The Morgan fingerprint density at radius 1 is 0.438 bits per heavy atom. The zero-order valence-corrected chi connectivity index (χ0v) is 17.3. The zero-order valence-electron chi connectivity index (χ0n) is 17.3. The lowest BCUT2D eigenvalue weighted by Crippen LogP contribution is -2.04. The fourth-order valence-corrected chi connectivity index (χ4v) is 4.29. The number of anilines is 2. The van der Waals surface area contributed by atoms with Crippen LogP contribution in [0.4, 0.5) is 11.4 Å². The summed E-state index contributed by atoms with van der Waals surface area (Å²) in [7, 11) is 0. The topological polar surface area (TPSA) is 104 Å². The third-order valence-electron chi connectivity index (χ3n) is 5.93. The van der Waals surface area contributed by atoms with Gasteiger partial charge in [-0.05, 0) is 61.4 Å². The summed E-state index contributed by atoms with van der Waals surface area (Å²) in [5, 5.41) is 0. The van der Waals surface area contributed by atoms with Crippen molar-refractivity contribution in [2.45, 2.75) is 12.8 Å². The van der Waals surface area contributed by atoms with Crippen LogP contribution in [0.5, 0.6) is 0 Å². The van der Waals surface area contributed by atoms with Crippen LogP contribution >= 0.6 is 0 Å². The quantitative estimate of drug-likeness (QED) is 0.316. The van der Waals surface area contributed by atoms with Crippen LogP contribution in [0.1, 0.15) is 11.1 Å². The van der Waals surface area contributed by atoms with Gasteiger partial charge in [0.2, 0.25) is 0 Å². The first-order valence-corrected chi connectivity index (χ1v) is 10.5. The molecule has 6 nitrogen and oxygen atoms in total. The van der Waals surface area contributed by atoms with Crippen molar-refractivity contribution in [3.8, 4) is 0 Å². The van der Waals surface area contributed by atoms with Gasteiger partial charge in [0.15, 0.2) is 0 Å². The van der Waals surface area contributed by atoms with E-state index < -0.39 is 0 Å². The number of hydrogen-bond acceptors (Lipinski definition) is 6. The second kappa shape index (κ2) is 7.13. The fourth-order valence-electron chi connectivity index (χ4n) is 4.29. The van der Waals surface area contributed by atoms with E-state index in [1.807, 2.05) is 72.8 Å². The van der Waals surface area contributed by atoms with Crippen LogP contribution in [-0.2, 0) is 12.8 Å². The number of nitrogens with two attached hydrogens (primary N) is 2. The summed E-state index contributed by atoms with van der Waals surface area (Å²) in [6, 6.07) is 23.4. The molecule has 4 N–H and O–H groups in total. The minimum Gasteiger partial charge on any atom is -0.398 e. The monoisotopic (exact) mass is 416 g/mol. The average Bonchev–Trinajstić information content (AvgIpc) is 2.82. The largest absolute Gasteiger partial charge is 0.398 e. The van der Waals surface area contributed by atoms with Gasteiger partial charge in [-0.1, -0.05) is 24.3 Å². The number of aromatic nitrogens is 4. The molecular weight excluding hydrogens is 396 g/mol. The molecule has 0 amide bonds. The highest BCUT2D eigenvalue weighted by Crippen LogP contribution is 2.29. The van der Waals surface area contributed by atoms with Crippen molar-refractivity contribution in [1.29, 1.82) is 0 Å². The first-order valence-electron chi connectivity index (χ1n) is 10.5. The van der Waals surface area contributed by atoms with E-state index in [1.54, 1.807) is 0 Å². The number of fused-ring (bicyclic) bond motifs is 4. The molecule has 0 bridgehead atoms. The summed E-state index contributed by atoms with van der Waals surface area (Å²) in [6.07, 6.45) is 1.35. The predicted octanol–water partition coefficient (Wildman–Crippen LogP) is 4.83. The molecule has 0 fully saturated rings. The summed E-state index contributed by atoms with van der Waals surface area (Å²) in [6.45, 7) is 0. The van der Waals surface area contributed by atoms with Gasteiger partial charge in [0, 0.05) is 22.5 Å². The van der Waals surface area contributed by atoms with E-state index >= 15 is 0 Å². The Labute approximate surface area is 184 Å². The molecule has 0 aliphatic carbocycles. The Morgan fingerprint density at radius 2 is 0.812 bits per heavy atom. The molecule has 0 aliphatic heterocycles. The highest BCUT2D eigenvalue weighted by atomic mass is 14.8. The van der Waals surface area contributed by atoms with Crippen molar-refractivity contribution in [2.24, 2.45) is 0 Å². The smallest absolute Gasteiger partial charge is 0.0947 e.